The summed E-state index contributed by atoms with van der Waals surface area (Å²) in [5.41, 5.74) is 3.37. The summed E-state index contributed by atoms with van der Waals surface area (Å²) in [6.07, 6.45) is 0. The van der Waals surface area contributed by atoms with Gasteiger partial charge in [-0.15, -0.1) is 0 Å². The molecule has 0 unspecified atom stereocenters. The van der Waals surface area contributed by atoms with E-state index in [4.69, 9.17) is 0 Å². The van der Waals surface area contributed by atoms with Gasteiger partial charge >= 0.3 is 0 Å². The van der Waals surface area contributed by atoms with Crippen molar-refractivity contribution in [3.05, 3.63) is 57.8 Å². The van der Waals surface area contributed by atoms with Gasteiger partial charge in [-0.2, -0.15) is 0 Å². The lowest BCUT2D eigenvalue weighted by molar-refractivity contribution is -0.113. The number of halogens is 1. The molecule has 0 spiro atoms. The van der Waals surface area contributed by atoms with Crippen LogP contribution in [0.15, 0.2) is 53.6 Å². The largest absolute Gasteiger partial charge is 0.325 e. The Kier molecular flexibility index (Phi) is 5.12. The van der Waals surface area contributed by atoms with Crippen LogP contribution < -0.4 is 5.32 Å². The highest BCUT2D eigenvalue weighted by Gasteiger charge is 2.09. The molecule has 4 nitrogen and oxygen atoms in total. The number of nitrogens with one attached hydrogen (secondary N) is 1. The number of thioether (sulfide) groups is 1. The summed E-state index contributed by atoms with van der Waals surface area (Å²) in [6, 6.07) is 15.5. The first-order chi connectivity index (χ1) is 11.1. The van der Waals surface area contributed by atoms with Gasteiger partial charge in [0, 0.05) is 9.26 Å². The van der Waals surface area contributed by atoms with Crippen LogP contribution in [0.2, 0.25) is 0 Å². The molecule has 0 atom stereocenters. The van der Waals surface area contributed by atoms with Crippen LogP contribution in [0.25, 0.3) is 11.0 Å². The monoisotopic (exact) mass is 435 g/mol. The number of aromatic nitrogens is 2. The van der Waals surface area contributed by atoms with E-state index in [0.717, 1.165) is 31.0 Å². The van der Waals surface area contributed by atoms with E-state index in [1.165, 1.54) is 11.8 Å². The Balaban J connectivity index is 1.68. The Bertz CT molecular complexity index is 869. The lowest BCUT2D eigenvalue weighted by Crippen LogP contribution is -2.14. The minimum Gasteiger partial charge on any atom is -0.325 e. The number of aryl methyl sites for hydroxylation is 1. The minimum atomic E-state index is -0.0497. The van der Waals surface area contributed by atoms with Crippen molar-refractivity contribution >= 4 is 57.0 Å². The van der Waals surface area contributed by atoms with Crippen molar-refractivity contribution in [1.82, 2.24) is 9.97 Å². The van der Waals surface area contributed by atoms with Gasteiger partial charge in [-0.25, -0.2) is 9.97 Å². The van der Waals surface area contributed by atoms with Crippen LogP contribution >= 0.6 is 34.4 Å². The highest BCUT2D eigenvalue weighted by molar-refractivity contribution is 14.1. The summed E-state index contributed by atoms with van der Waals surface area (Å²) in [7, 11) is 0. The average Bonchev–Trinajstić information content (AvgIpc) is 2.53. The first kappa shape index (κ1) is 16.2. The smallest absolute Gasteiger partial charge is 0.234 e. The fourth-order valence-electron chi connectivity index (χ4n) is 2.11. The van der Waals surface area contributed by atoms with Gasteiger partial charge in [-0.05, 0) is 59.8 Å². The third kappa shape index (κ3) is 4.20. The summed E-state index contributed by atoms with van der Waals surface area (Å²) >= 11 is 3.63. The minimum absolute atomic E-state index is 0.0497. The molecule has 0 radical (unpaired) electrons. The Morgan fingerprint density at radius 2 is 1.87 bits per heavy atom. The highest BCUT2D eigenvalue weighted by atomic mass is 127. The molecule has 3 aromatic rings. The average molecular weight is 435 g/mol. The third-order valence-corrected chi connectivity index (χ3v) is 4.89. The van der Waals surface area contributed by atoms with E-state index >= 15 is 0 Å². The van der Waals surface area contributed by atoms with Crippen molar-refractivity contribution in [1.29, 1.82) is 0 Å². The van der Waals surface area contributed by atoms with Crippen LogP contribution in [0.3, 0.4) is 0 Å². The summed E-state index contributed by atoms with van der Waals surface area (Å²) in [6.45, 7) is 1.92. The molecule has 0 fully saturated rings. The number of carbonyl (C=O) groups excluding carboxylic acids is 1. The fourth-order valence-corrected chi connectivity index (χ4v) is 3.41. The van der Waals surface area contributed by atoms with Gasteiger partial charge in [0.1, 0.15) is 5.03 Å². The number of nitrogens with zero attached hydrogens (tertiary/aromatic N) is 2. The maximum Gasteiger partial charge on any atom is 0.234 e. The Morgan fingerprint density at radius 3 is 2.61 bits per heavy atom. The van der Waals surface area contributed by atoms with Gasteiger partial charge in [0.15, 0.2) is 0 Å². The molecule has 2 aromatic carbocycles. The second-order valence-electron chi connectivity index (χ2n) is 4.95. The van der Waals surface area contributed by atoms with E-state index in [1.54, 1.807) is 0 Å². The summed E-state index contributed by atoms with van der Waals surface area (Å²) < 4.78 is 1.09. The van der Waals surface area contributed by atoms with Gasteiger partial charge < -0.3 is 5.32 Å². The second-order valence-corrected chi connectivity index (χ2v) is 7.16. The van der Waals surface area contributed by atoms with E-state index < -0.39 is 0 Å². The Morgan fingerprint density at radius 1 is 1.13 bits per heavy atom. The summed E-state index contributed by atoms with van der Waals surface area (Å²) in [5, 5.41) is 3.69. The summed E-state index contributed by atoms with van der Waals surface area (Å²) in [5.74, 6) is 0.255. The predicted octanol–water partition coefficient (Wildman–Crippen LogP) is 4.27. The SMILES string of the molecule is Cc1nc2ccccc2nc1SCC(=O)Nc1cccc(I)c1. The molecular weight excluding hydrogens is 421 g/mol. The van der Waals surface area contributed by atoms with Crippen molar-refractivity contribution in [2.45, 2.75) is 11.9 Å². The second kappa shape index (κ2) is 7.27. The van der Waals surface area contributed by atoms with Gasteiger partial charge in [-0.3, -0.25) is 4.79 Å². The number of carbonyl (C=O) groups is 1. The first-order valence-electron chi connectivity index (χ1n) is 7.03. The third-order valence-electron chi connectivity index (χ3n) is 3.15. The molecule has 116 valence electrons. The van der Waals surface area contributed by atoms with Crippen LogP contribution in [-0.4, -0.2) is 21.6 Å². The van der Waals surface area contributed by atoms with E-state index in [1.807, 2.05) is 55.5 Å². The molecule has 1 N–H and O–H groups in total. The highest BCUT2D eigenvalue weighted by Crippen LogP contribution is 2.22. The molecule has 3 rings (SSSR count). The lowest BCUT2D eigenvalue weighted by atomic mass is 10.3. The predicted molar refractivity (Wildman–Crippen MR) is 103 cm³/mol. The number of fused-ring (bicyclic) bond motifs is 1. The maximum absolute atomic E-state index is 12.1. The molecule has 1 amide bonds. The molecule has 6 heteroatoms. The van der Waals surface area contributed by atoms with Gasteiger partial charge in [0.2, 0.25) is 5.91 Å². The van der Waals surface area contributed by atoms with Crippen molar-refractivity contribution in [3.63, 3.8) is 0 Å². The lowest BCUT2D eigenvalue weighted by Gasteiger charge is -2.07. The maximum atomic E-state index is 12.1. The van der Waals surface area contributed by atoms with Crippen LogP contribution in [0.1, 0.15) is 5.69 Å². The van der Waals surface area contributed by atoms with Crippen LogP contribution in [0.5, 0.6) is 0 Å². The molecule has 0 bridgehead atoms. The van der Waals surface area contributed by atoms with E-state index in [2.05, 4.69) is 37.9 Å². The van der Waals surface area contributed by atoms with Gasteiger partial charge in [0.05, 0.1) is 22.5 Å². The molecule has 0 aliphatic rings. The van der Waals surface area contributed by atoms with Crippen LogP contribution in [0, 0.1) is 10.5 Å². The zero-order valence-corrected chi connectivity index (χ0v) is 15.4. The zero-order valence-electron chi connectivity index (χ0n) is 12.4. The standard InChI is InChI=1S/C17H14IN3OS/c1-11-17(21-15-8-3-2-7-14(15)19-11)23-10-16(22)20-13-6-4-5-12(18)9-13/h2-9H,10H2,1H3,(H,20,22). The van der Waals surface area contributed by atoms with Crippen molar-refractivity contribution in [2.24, 2.45) is 0 Å². The van der Waals surface area contributed by atoms with Gasteiger partial charge in [-0.1, -0.05) is 30.0 Å². The molecule has 0 saturated heterocycles. The number of hydrogen-bond acceptors (Lipinski definition) is 4. The Labute approximate surface area is 152 Å². The van der Waals surface area contributed by atoms with E-state index in [-0.39, 0.29) is 5.91 Å². The normalized spacial score (nSPS) is 10.7. The van der Waals surface area contributed by atoms with Crippen LogP contribution in [0.4, 0.5) is 5.69 Å². The topological polar surface area (TPSA) is 54.9 Å². The van der Waals surface area contributed by atoms with E-state index in [0.29, 0.717) is 5.75 Å². The number of anilines is 1. The number of hydrogen-bond donors (Lipinski definition) is 1. The molecule has 0 aliphatic carbocycles. The van der Waals surface area contributed by atoms with Crippen molar-refractivity contribution in [3.8, 4) is 0 Å². The molecule has 0 aliphatic heterocycles. The molecule has 1 heterocycles. The molecule has 23 heavy (non-hydrogen) atoms. The van der Waals surface area contributed by atoms with Crippen molar-refractivity contribution in [2.75, 3.05) is 11.1 Å². The number of benzene rings is 2. The van der Waals surface area contributed by atoms with Gasteiger partial charge in [0.25, 0.3) is 0 Å². The fraction of sp³-hybridized carbons (Fsp3) is 0.118. The number of rotatable bonds is 4. The van der Waals surface area contributed by atoms with E-state index in [9.17, 15) is 4.79 Å². The molecular formula is C17H14IN3OS. The number of para-hydroxylation sites is 2. The first-order valence-corrected chi connectivity index (χ1v) is 9.10. The quantitative estimate of drug-likeness (QED) is 0.491. The zero-order chi connectivity index (χ0) is 16.2. The summed E-state index contributed by atoms with van der Waals surface area (Å²) in [4.78, 5) is 21.2. The molecule has 1 aromatic heterocycles. The molecule has 0 saturated carbocycles. The number of amides is 1. The van der Waals surface area contributed by atoms with Crippen molar-refractivity contribution < 1.29 is 4.79 Å². The van der Waals surface area contributed by atoms with Crippen LogP contribution in [-0.2, 0) is 4.79 Å². The Hall–Kier alpha value is -1.67.